The van der Waals surface area contributed by atoms with Crippen molar-refractivity contribution in [3.8, 4) is 0 Å². The molecule has 0 aliphatic rings. The smallest absolute Gasteiger partial charge is 0.391 e. The highest BCUT2D eigenvalue weighted by Crippen LogP contribution is 2.23. The molecular weight excluding hydrogens is 263 g/mol. The molecule has 0 aromatic carbocycles. The molecule has 4 nitrogen and oxygen atoms in total. The maximum atomic E-state index is 12.2. The molecule has 0 fully saturated rings. The summed E-state index contributed by atoms with van der Waals surface area (Å²) >= 11 is 0. The lowest BCUT2D eigenvalue weighted by atomic mass is 9.88. The molecule has 0 saturated heterocycles. The Kier molecular flexibility index (Phi) is 6.86. The van der Waals surface area contributed by atoms with Crippen LogP contribution in [0.5, 0.6) is 0 Å². The van der Waals surface area contributed by atoms with Gasteiger partial charge in [0.1, 0.15) is 6.04 Å². The van der Waals surface area contributed by atoms with Crippen molar-refractivity contribution in [3.63, 3.8) is 0 Å². The highest BCUT2D eigenvalue weighted by atomic mass is 19.4. The van der Waals surface area contributed by atoms with E-state index in [1.165, 1.54) is 0 Å². The lowest BCUT2D eigenvalue weighted by Gasteiger charge is -2.23. The van der Waals surface area contributed by atoms with Gasteiger partial charge in [-0.2, -0.15) is 13.2 Å². The molecule has 2 atom stereocenters. The van der Waals surface area contributed by atoms with Crippen LogP contribution in [0.2, 0.25) is 0 Å². The summed E-state index contributed by atoms with van der Waals surface area (Å²) in [5, 5.41) is 10.7. The fourth-order valence-electron chi connectivity index (χ4n) is 1.94. The van der Waals surface area contributed by atoms with Gasteiger partial charge in [-0.05, 0) is 5.92 Å². The van der Waals surface area contributed by atoms with Gasteiger partial charge in [0.05, 0.1) is 6.42 Å². The standard InChI is InChI=1S/C12H20F3NO3/c1-4-8(5-2)7(3)10(17)16-9(11(18)19)6-12(13,14)15/h7-9H,4-6H2,1-3H3,(H,16,17)(H,18,19). The molecule has 2 unspecified atom stereocenters. The third-order valence-corrected chi connectivity index (χ3v) is 3.22. The molecule has 19 heavy (non-hydrogen) atoms. The maximum absolute atomic E-state index is 12.2. The lowest BCUT2D eigenvalue weighted by molar-refractivity contribution is -0.160. The molecule has 0 bridgehead atoms. The summed E-state index contributed by atoms with van der Waals surface area (Å²) < 4.78 is 36.6. The van der Waals surface area contributed by atoms with Crippen LogP contribution < -0.4 is 5.32 Å². The van der Waals surface area contributed by atoms with Crippen LogP contribution in [0.15, 0.2) is 0 Å². The molecule has 1 amide bonds. The van der Waals surface area contributed by atoms with Gasteiger partial charge in [-0.3, -0.25) is 4.79 Å². The zero-order valence-corrected chi connectivity index (χ0v) is 11.3. The molecule has 0 aromatic rings. The Hall–Kier alpha value is -1.27. The predicted molar refractivity (Wildman–Crippen MR) is 63.5 cm³/mol. The van der Waals surface area contributed by atoms with Crippen molar-refractivity contribution >= 4 is 11.9 Å². The number of nitrogens with one attached hydrogen (secondary N) is 1. The number of amides is 1. The van der Waals surface area contributed by atoms with Gasteiger partial charge in [0.2, 0.25) is 5.91 Å². The molecule has 0 aliphatic heterocycles. The first-order valence-corrected chi connectivity index (χ1v) is 6.22. The van der Waals surface area contributed by atoms with Gasteiger partial charge >= 0.3 is 12.1 Å². The molecule has 0 spiro atoms. The molecule has 2 N–H and O–H groups in total. The Morgan fingerprint density at radius 2 is 1.68 bits per heavy atom. The van der Waals surface area contributed by atoms with Gasteiger partial charge in [-0.1, -0.05) is 33.6 Å². The monoisotopic (exact) mass is 283 g/mol. The zero-order chi connectivity index (χ0) is 15.2. The van der Waals surface area contributed by atoms with Crippen molar-refractivity contribution in [1.29, 1.82) is 0 Å². The maximum Gasteiger partial charge on any atom is 0.391 e. The summed E-state index contributed by atoms with van der Waals surface area (Å²) in [6, 6.07) is -1.93. The Morgan fingerprint density at radius 3 is 2.00 bits per heavy atom. The van der Waals surface area contributed by atoms with E-state index < -0.39 is 36.4 Å². The third-order valence-electron chi connectivity index (χ3n) is 3.22. The summed E-state index contributed by atoms with van der Waals surface area (Å²) in [5.74, 6) is -2.81. The van der Waals surface area contributed by atoms with Crippen molar-refractivity contribution in [3.05, 3.63) is 0 Å². The average Bonchev–Trinajstić information content (AvgIpc) is 2.27. The van der Waals surface area contributed by atoms with E-state index in [2.05, 4.69) is 0 Å². The van der Waals surface area contributed by atoms with E-state index in [9.17, 15) is 22.8 Å². The van der Waals surface area contributed by atoms with E-state index >= 15 is 0 Å². The Morgan fingerprint density at radius 1 is 1.21 bits per heavy atom. The molecule has 0 saturated carbocycles. The van der Waals surface area contributed by atoms with E-state index in [0.29, 0.717) is 12.8 Å². The number of alkyl halides is 3. The number of carboxylic acids is 1. The van der Waals surface area contributed by atoms with Crippen LogP contribution in [0.1, 0.15) is 40.0 Å². The largest absolute Gasteiger partial charge is 0.480 e. The van der Waals surface area contributed by atoms with Crippen LogP contribution in [0.3, 0.4) is 0 Å². The highest BCUT2D eigenvalue weighted by Gasteiger charge is 2.37. The molecule has 0 radical (unpaired) electrons. The minimum Gasteiger partial charge on any atom is -0.480 e. The first-order valence-electron chi connectivity index (χ1n) is 6.22. The molecule has 0 aromatic heterocycles. The van der Waals surface area contributed by atoms with E-state index in [-0.39, 0.29) is 5.92 Å². The van der Waals surface area contributed by atoms with Gasteiger partial charge in [-0.25, -0.2) is 4.79 Å². The van der Waals surface area contributed by atoms with Crippen molar-refractivity contribution in [2.75, 3.05) is 0 Å². The fourth-order valence-corrected chi connectivity index (χ4v) is 1.94. The SMILES string of the molecule is CCC(CC)C(C)C(=O)NC(CC(F)(F)F)C(=O)O. The number of aliphatic carboxylic acids is 1. The topological polar surface area (TPSA) is 66.4 Å². The number of rotatable bonds is 7. The van der Waals surface area contributed by atoms with Crippen molar-refractivity contribution < 1.29 is 27.9 Å². The van der Waals surface area contributed by atoms with Gasteiger partial charge in [-0.15, -0.1) is 0 Å². The minimum absolute atomic E-state index is 0.0281. The van der Waals surface area contributed by atoms with Gasteiger partial charge < -0.3 is 10.4 Å². The Bertz CT molecular complexity index is 314. The summed E-state index contributed by atoms with van der Waals surface area (Å²) in [4.78, 5) is 22.5. The van der Waals surface area contributed by atoms with Crippen molar-refractivity contribution in [2.45, 2.75) is 52.3 Å². The van der Waals surface area contributed by atoms with E-state index in [1.807, 2.05) is 19.2 Å². The molecule has 7 heteroatoms. The van der Waals surface area contributed by atoms with E-state index in [0.717, 1.165) is 0 Å². The highest BCUT2D eigenvalue weighted by molar-refractivity contribution is 5.84. The van der Waals surface area contributed by atoms with E-state index in [1.54, 1.807) is 6.92 Å². The number of carbonyl (C=O) groups excluding carboxylic acids is 1. The second-order valence-electron chi connectivity index (χ2n) is 4.58. The number of carbonyl (C=O) groups is 2. The lowest BCUT2D eigenvalue weighted by Crippen LogP contribution is -2.46. The van der Waals surface area contributed by atoms with Crippen LogP contribution in [-0.2, 0) is 9.59 Å². The number of halogens is 3. The van der Waals surface area contributed by atoms with Gasteiger partial charge in [0, 0.05) is 5.92 Å². The van der Waals surface area contributed by atoms with Crippen LogP contribution >= 0.6 is 0 Å². The normalized spacial score (nSPS) is 15.1. The van der Waals surface area contributed by atoms with Gasteiger partial charge in [0.15, 0.2) is 0 Å². The Labute approximate surface area is 110 Å². The fraction of sp³-hybridized carbons (Fsp3) is 0.833. The summed E-state index contributed by atoms with van der Waals surface area (Å²) in [7, 11) is 0. The van der Waals surface area contributed by atoms with Crippen molar-refractivity contribution in [1.82, 2.24) is 5.32 Å². The molecule has 0 aliphatic carbocycles. The van der Waals surface area contributed by atoms with Crippen molar-refractivity contribution in [2.24, 2.45) is 11.8 Å². The van der Waals surface area contributed by atoms with Crippen LogP contribution in [0.25, 0.3) is 0 Å². The predicted octanol–water partition coefficient (Wildman–Crippen LogP) is 2.58. The molecule has 0 rings (SSSR count). The second-order valence-corrected chi connectivity index (χ2v) is 4.58. The summed E-state index contributed by atoms with van der Waals surface area (Å²) in [5.41, 5.74) is 0. The third kappa shape index (κ3) is 6.45. The quantitative estimate of drug-likeness (QED) is 0.754. The summed E-state index contributed by atoms with van der Waals surface area (Å²) in [6.07, 6.45) is -4.78. The first kappa shape index (κ1) is 17.7. The average molecular weight is 283 g/mol. The Balaban J connectivity index is 4.68. The molecule has 112 valence electrons. The van der Waals surface area contributed by atoms with Crippen LogP contribution in [-0.4, -0.2) is 29.2 Å². The van der Waals surface area contributed by atoms with Gasteiger partial charge in [0.25, 0.3) is 0 Å². The number of hydrogen-bond acceptors (Lipinski definition) is 2. The van der Waals surface area contributed by atoms with E-state index in [4.69, 9.17) is 5.11 Å². The number of hydrogen-bond donors (Lipinski definition) is 2. The van der Waals surface area contributed by atoms with Crippen LogP contribution in [0, 0.1) is 11.8 Å². The van der Waals surface area contributed by atoms with Crippen LogP contribution in [0.4, 0.5) is 13.2 Å². The second kappa shape index (κ2) is 7.35. The first-order chi connectivity index (χ1) is 8.62. The molecule has 0 heterocycles. The minimum atomic E-state index is -4.63. The zero-order valence-electron chi connectivity index (χ0n) is 11.3. The summed E-state index contributed by atoms with van der Waals surface area (Å²) in [6.45, 7) is 5.35. The number of carboxylic acid groups (broad SMARTS) is 1. The molecular formula is C12H20F3NO3.